The van der Waals surface area contributed by atoms with Crippen LogP contribution in [0.5, 0.6) is 5.75 Å². The van der Waals surface area contributed by atoms with Gasteiger partial charge in [0.1, 0.15) is 17.1 Å². The average molecular weight is 296 g/mol. The monoisotopic (exact) mass is 296 g/mol. The van der Waals surface area contributed by atoms with Crippen LogP contribution in [0, 0.1) is 0 Å². The first-order chi connectivity index (χ1) is 10.8. The molecule has 0 unspecified atom stereocenters. The molecule has 0 saturated carbocycles. The summed E-state index contributed by atoms with van der Waals surface area (Å²) in [5.74, 6) is 1.68. The lowest BCUT2D eigenvalue weighted by Crippen LogP contribution is -2.01. The number of nitrogens with zero attached hydrogens (tertiary/aromatic N) is 2. The van der Waals surface area contributed by atoms with Crippen LogP contribution < -0.4 is 10.5 Å². The van der Waals surface area contributed by atoms with E-state index in [-0.39, 0.29) is 0 Å². The van der Waals surface area contributed by atoms with Gasteiger partial charge in [-0.25, -0.2) is 9.97 Å². The molecule has 0 bridgehead atoms. The molecule has 3 aromatic rings. The first kappa shape index (κ1) is 14.5. The maximum absolute atomic E-state index is 5.75. The maximum atomic E-state index is 5.75. The van der Waals surface area contributed by atoms with Crippen LogP contribution >= 0.6 is 0 Å². The highest BCUT2D eigenvalue weighted by molar-refractivity contribution is 5.93. The Hall–Kier alpha value is -2.40. The zero-order valence-electron chi connectivity index (χ0n) is 12.7. The third kappa shape index (κ3) is 2.80. The van der Waals surface area contributed by atoms with E-state index in [9.17, 15) is 0 Å². The van der Waals surface area contributed by atoms with Crippen LogP contribution in [0.1, 0.15) is 19.2 Å². The van der Waals surface area contributed by atoms with Gasteiger partial charge in [-0.05, 0) is 25.5 Å². The number of benzene rings is 1. The fraction of sp³-hybridized carbons (Fsp3) is 0.294. The van der Waals surface area contributed by atoms with Gasteiger partial charge in [-0.2, -0.15) is 0 Å². The smallest absolute Gasteiger partial charge is 0.158 e. The van der Waals surface area contributed by atoms with Gasteiger partial charge in [-0.15, -0.1) is 0 Å². The molecule has 0 atom stereocenters. The molecule has 1 aromatic carbocycles. The summed E-state index contributed by atoms with van der Waals surface area (Å²) >= 11 is 0. The minimum absolute atomic E-state index is 0.595. The molecule has 5 nitrogen and oxygen atoms in total. The molecule has 2 aromatic heterocycles. The van der Waals surface area contributed by atoms with E-state index in [1.54, 1.807) is 6.20 Å². The summed E-state index contributed by atoms with van der Waals surface area (Å²) in [7, 11) is 0. The van der Waals surface area contributed by atoms with Gasteiger partial charge in [0.05, 0.1) is 18.4 Å². The van der Waals surface area contributed by atoms with Gasteiger partial charge in [0.25, 0.3) is 0 Å². The number of fused-ring (bicyclic) bond motifs is 1. The number of H-pyrrole nitrogens is 1. The molecule has 0 radical (unpaired) electrons. The molecule has 3 N–H and O–H groups in total. The number of imidazole rings is 1. The zero-order chi connectivity index (χ0) is 15.4. The molecule has 0 aliphatic heterocycles. The van der Waals surface area contributed by atoms with E-state index >= 15 is 0 Å². The quantitative estimate of drug-likeness (QED) is 0.733. The third-order valence-electron chi connectivity index (χ3n) is 3.51. The summed E-state index contributed by atoms with van der Waals surface area (Å²) in [6, 6.07) is 10.1. The second kappa shape index (κ2) is 6.58. The highest BCUT2D eigenvalue weighted by Crippen LogP contribution is 2.34. The van der Waals surface area contributed by atoms with Crippen molar-refractivity contribution in [1.29, 1.82) is 0 Å². The Morgan fingerprint density at radius 1 is 1.23 bits per heavy atom. The van der Waals surface area contributed by atoms with Crippen molar-refractivity contribution in [3.8, 4) is 16.9 Å². The van der Waals surface area contributed by atoms with Gasteiger partial charge in [0, 0.05) is 6.42 Å². The Labute approximate surface area is 129 Å². The van der Waals surface area contributed by atoms with E-state index in [1.807, 2.05) is 25.1 Å². The molecule has 114 valence electrons. The minimum Gasteiger partial charge on any atom is -0.492 e. The highest BCUT2D eigenvalue weighted by atomic mass is 16.5. The number of aromatic nitrogens is 3. The average Bonchev–Trinajstić information content (AvgIpc) is 2.96. The molecule has 0 amide bonds. The summed E-state index contributed by atoms with van der Waals surface area (Å²) in [6.45, 7) is 3.22. The van der Waals surface area contributed by atoms with Gasteiger partial charge in [0.15, 0.2) is 5.65 Å². The van der Waals surface area contributed by atoms with Crippen molar-refractivity contribution in [2.75, 3.05) is 13.2 Å². The topological polar surface area (TPSA) is 76.8 Å². The summed E-state index contributed by atoms with van der Waals surface area (Å²) in [5, 5.41) is 0. The Morgan fingerprint density at radius 2 is 2.05 bits per heavy atom. The third-order valence-corrected chi connectivity index (χ3v) is 3.51. The zero-order valence-corrected chi connectivity index (χ0v) is 12.7. The lowest BCUT2D eigenvalue weighted by atomic mass is 10.1. The van der Waals surface area contributed by atoms with E-state index in [1.165, 1.54) is 0 Å². The number of nitrogens with two attached hydrogens (primary N) is 1. The van der Waals surface area contributed by atoms with Crippen molar-refractivity contribution < 1.29 is 4.74 Å². The van der Waals surface area contributed by atoms with Crippen LogP contribution in [0.3, 0.4) is 0 Å². The molecule has 0 aliphatic rings. The van der Waals surface area contributed by atoms with Crippen molar-refractivity contribution in [1.82, 2.24) is 15.0 Å². The molecular formula is C17H20N4O. The summed E-state index contributed by atoms with van der Waals surface area (Å²) in [4.78, 5) is 12.4. The number of ether oxygens (including phenoxy) is 1. The molecule has 2 heterocycles. The molecular weight excluding hydrogens is 276 g/mol. The maximum Gasteiger partial charge on any atom is 0.158 e. The standard InChI is InChI=1S/C17H20N4O/c1-2-22-13-11-19-17-16(20-14(21-17)9-6-10-18)15(13)12-7-4-3-5-8-12/h3-5,7-8,11H,2,6,9-10,18H2,1H3,(H,19,20,21). The number of aryl methyl sites for hydroxylation is 1. The Bertz CT molecular complexity index is 752. The second-order valence-corrected chi connectivity index (χ2v) is 5.07. The van der Waals surface area contributed by atoms with E-state index in [2.05, 4.69) is 22.1 Å². The molecule has 5 heteroatoms. The summed E-state index contributed by atoms with van der Waals surface area (Å²) in [6.07, 6.45) is 3.49. The fourth-order valence-electron chi connectivity index (χ4n) is 2.52. The van der Waals surface area contributed by atoms with Crippen LogP contribution in [-0.4, -0.2) is 28.1 Å². The Kier molecular flexibility index (Phi) is 4.34. The number of pyridine rings is 1. The SMILES string of the molecule is CCOc1cnc2[nH]c(CCCN)nc2c1-c1ccccc1. The normalized spacial score (nSPS) is 11.0. The Balaban J connectivity index is 2.15. The van der Waals surface area contributed by atoms with Crippen molar-refractivity contribution >= 4 is 11.2 Å². The van der Waals surface area contributed by atoms with E-state index in [0.717, 1.165) is 46.7 Å². The van der Waals surface area contributed by atoms with Crippen LogP contribution in [0.25, 0.3) is 22.3 Å². The van der Waals surface area contributed by atoms with Crippen molar-refractivity contribution in [2.45, 2.75) is 19.8 Å². The predicted molar refractivity (Wildman–Crippen MR) is 87.9 cm³/mol. The lowest BCUT2D eigenvalue weighted by molar-refractivity contribution is 0.341. The van der Waals surface area contributed by atoms with Crippen LogP contribution in [0.15, 0.2) is 36.5 Å². The van der Waals surface area contributed by atoms with E-state index in [4.69, 9.17) is 15.5 Å². The minimum atomic E-state index is 0.595. The van der Waals surface area contributed by atoms with E-state index in [0.29, 0.717) is 13.2 Å². The van der Waals surface area contributed by atoms with Crippen molar-refractivity contribution in [2.24, 2.45) is 5.73 Å². The number of hydrogen-bond donors (Lipinski definition) is 2. The van der Waals surface area contributed by atoms with Crippen molar-refractivity contribution in [3.05, 3.63) is 42.4 Å². The molecule has 0 aliphatic carbocycles. The van der Waals surface area contributed by atoms with Crippen LogP contribution in [0.2, 0.25) is 0 Å². The van der Waals surface area contributed by atoms with Gasteiger partial charge in [0.2, 0.25) is 0 Å². The van der Waals surface area contributed by atoms with E-state index < -0.39 is 0 Å². The van der Waals surface area contributed by atoms with Crippen LogP contribution in [0.4, 0.5) is 0 Å². The first-order valence-corrected chi connectivity index (χ1v) is 7.59. The second-order valence-electron chi connectivity index (χ2n) is 5.07. The molecule has 22 heavy (non-hydrogen) atoms. The van der Waals surface area contributed by atoms with Crippen LogP contribution in [-0.2, 0) is 6.42 Å². The van der Waals surface area contributed by atoms with Gasteiger partial charge in [-0.3, -0.25) is 0 Å². The van der Waals surface area contributed by atoms with Crippen molar-refractivity contribution in [3.63, 3.8) is 0 Å². The van der Waals surface area contributed by atoms with Gasteiger partial charge < -0.3 is 15.5 Å². The first-order valence-electron chi connectivity index (χ1n) is 7.59. The number of hydrogen-bond acceptors (Lipinski definition) is 4. The number of nitrogens with one attached hydrogen (secondary N) is 1. The molecule has 0 saturated heterocycles. The molecule has 0 fully saturated rings. The lowest BCUT2D eigenvalue weighted by Gasteiger charge is -2.10. The summed E-state index contributed by atoms with van der Waals surface area (Å²) in [5.41, 5.74) is 9.28. The molecule has 0 spiro atoms. The van der Waals surface area contributed by atoms with Gasteiger partial charge in [-0.1, -0.05) is 30.3 Å². The fourth-order valence-corrected chi connectivity index (χ4v) is 2.52. The largest absolute Gasteiger partial charge is 0.492 e. The number of aromatic amines is 1. The highest BCUT2D eigenvalue weighted by Gasteiger charge is 2.15. The summed E-state index contributed by atoms with van der Waals surface area (Å²) < 4.78 is 5.75. The Morgan fingerprint density at radius 3 is 2.77 bits per heavy atom. The molecule has 3 rings (SSSR count). The van der Waals surface area contributed by atoms with Gasteiger partial charge >= 0.3 is 0 Å². The number of rotatable bonds is 6. The predicted octanol–water partition coefficient (Wildman–Crippen LogP) is 2.91.